The fraction of sp³-hybridized carbons (Fsp3) is 0.417. The highest BCUT2D eigenvalue weighted by molar-refractivity contribution is 5.75. The number of halogens is 1. The molecule has 4 heteroatoms. The highest BCUT2D eigenvalue weighted by atomic mass is 19.1. The van der Waals surface area contributed by atoms with Crippen molar-refractivity contribution in [1.82, 2.24) is 5.48 Å². The molecule has 0 atom stereocenters. The van der Waals surface area contributed by atoms with Gasteiger partial charge in [-0.3, -0.25) is 0 Å². The van der Waals surface area contributed by atoms with E-state index in [1.54, 1.807) is 39.0 Å². The Morgan fingerprint density at radius 2 is 2.00 bits per heavy atom. The molecule has 0 aromatic heterocycles. The third kappa shape index (κ3) is 3.62. The number of rotatable bonds is 3. The number of benzene rings is 1. The van der Waals surface area contributed by atoms with Gasteiger partial charge < -0.3 is 4.84 Å². The summed E-state index contributed by atoms with van der Waals surface area (Å²) in [4.78, 5) is 16.2. The Bertz CT molecular complexity index is 372. The molecule has 0 unspecified atom stereocenters. The minimum Gasteiger partial charge on any atom is -0.370 e. The minimum absolute atomic E-state index is 0.161. The van der Waals surface area contributed by atoms with Gasteiger partial charge in [-0.25, -0.2) is 9.18 Å². The van der Waals surface area contributed by atoms with Crippen LogP contribution >= 0.6 is 0 Å². The number of hydrogen-bond acceptors (Lipinski definition) is 3. The average Bonchev–Trinajstić information content (AvgIpc) is 2.19. The van der Waals surface area contributed by atoms with Gasteiger partial charge in [-0.15, -0.1) is 5.48 Å². The molecular formula is C12H16FNO2. The molecule has 1 aromatic rings. The fourth-order valence-electron chi connectivity index (χ4n) is 0.974. The van der Waals surface area contributed by atoms with E-state index in [1.165, 1.54) is 6.07 Å². The molecule has 0 heterocycles. The molecular weight excluding hydrogens is 209 g/mol. The third-order valence-electron chi connectivity index (χ3n) is 2.00. The molecule has 0 aliphatic heterocycles. The van der Waals surface area contributed by atoms with Crippen LogP contribution in [0.3, 0.4) is 0 Å². The number of nitrogens with one attached hydrogen (secondary N) is 1. The van der Waals surface area contributed by atoms with E-state index in [9.17, 15) is 9.18 Å². The van der Waals surface area contributed by atoms with Crippen molar-refractivity contribution in [3.05, 3.63) is 35.6 Å². The average molecular weight is 225 g/mol. The van der Waals surface area contributed by atoms with E-state index < -0.39 is 5.41 Å². The molecule has 1 N–H and O–H groups in total. The second-order valence-corrected chi connectivity index (χ2v) is 4.55. The second kappa shape index (κ2) is 5.07. The van der Waals surface area contributed by atoms with Crippen molar-refractivity contribution >= 4 is 5.97 Å². The van der Waals surface area contributed by atoms with Crippen molar-refractivity contribution < 1.29 is 14.0 Å². The lowest BCUT2D eigenvalue weighted by atomic mass is 9.98. The van der Waals surface area contributed by atoms with E-state index in [0.717, 1.165) is 0 Å². The summed E-state index contributed by atoms with van der Waals surface area (Å²) in [5.41, 5.74) is 2.35. The zero-order chi connectivity index (χ0) is 12.2. The van der Waals surface area contributed by atoms with Crippen LogP contribution in [-0.2, 0) is 16.2 Å². The summed E-state index contributed by atoms with van der Waals surface area (Å²) >= 11 is 0. The van der Waals surface area contributed by atoms with Gasteiger partial charge in [-0.2, -0.15) is 0 Å². The normalized spacial score (nSPS) is 11.2. The molecule has 0 saturated heterocycles. The smallest absolute Gasteiger partial charge is 0.329 e. The van der Waals surface area contributed by atoms with Crippen LogP contribution in [0.15, 0.2) is 24.3 Å². The highest BCUT2D eigenvalue weighted by Crippen LogP contribution is 2.14. The quantitative estimate of drug-likeness (QED) is 0.803. The van der Waals surface area contributed by atoms with Gasteiger partial charge in [0.05, 0.1) is 12.0 Å². The first-order valence-corrected chi connectivity index (χ1v) is 5.09. The molecule has 1 aromatic carbocycles. The Morgan fingerprint density at radius 1 is 1.38 bits per heavy atom. The van der Waals surface area contributed by atoms with Crippen molar-refractivity contribution in [3.63, 3.8) is 0 Å². The first-order chi connectivity index (χ1) is 7.41. The van der Waals surface area contributed by atoms with Gasteiger partial charge in [0.15, 0.2) is 0 Å². The van der Waals surface area contributed by atoms with E-state index in [4.69, 9.17) is 4.84 Å². The zero-order valence-corrected chi connectivity index (χ0v) is 9.71. The zero-order valence-electron chi connectivity index (χ0n) is 9.71. The van der Waals surface area contributed by atoms with E-state index in [0.29, 0.717) is 5.56 Å². The maximum absolute atomic E-state index is 13.2. The largest absolute Gasteiger partial charge is 0.370 e. The van der Waals surface area contributed by atoms with Crippen molar-refractivity contribution in [3.8, 4) is 0 Å². The summed E-state index contributed by atoms with van der Waals surface area (Å²) in [6.07, 6.45) is 0. The molecule has 3 nitrogen and oxygen atoms in total. The Kier molecular flexibility index (Phi) is 4.01. The van der Waals surface area contributed by atoms with Gasteiger partial charge in [0.2, 0.25) is 0 Å². The minimum atomic E-state index is -0.567. The van der Waals surface area contributed by atoms with Crippen LogP contribution in [0.25, 0.3) is 0 Å². The predicted molar refractivity (Wildman–Crippen MR) is 58.8 cm³/mol. The van der Waals surface area contributed by atoms with Crippen LogP contribution in [0.2, 0.25) is 0 Å². The fourth-order valence-corrected chi connectivity index (χ4v) is 0.974. The molecule has 0 fully saturated rings. The Balaban J connectivity index is 2.43. The number of hydroxylamine groups is 1. The molecule has 0 bridgehead atoms. The van der Waals surface area contributed by atoms with Gasteiger partial charge in [0.1, 0.15) is 5.82 Å². The van der Waals surface area contributed by atoms with Crippen LogP contribution in [0.4, 0.5) is 4.39 Å². The summed E-state index contributed by atoms with van der Waals surface area (Å²) in [5, 5.41) is 0. The van der Waals surface area contributed by atoms with Gasteiger partial charge in [-0.1, -0.05) is 18.2 Å². The molecule has 16 heavy (non-hydrogen) atoms. The SMILES string of the molecule is CC(C)(C)C(=O)ONCc1ccccc1F. The Morgan fingerprint density at radius 3 is 2.56 bits per heavy atom. The van der Waals surface area contributed by atoms with Crippen LogP contribution in [-0.4, -0.2) is 5.97 Å². The Hall–Kier alpha value is -1.42. The van der Waals surface area contributed by atoms with Crippen LogP contribution < -0.4 is 5.48 Å². The number of carbonyl (C=O) groups excluding carboxylic acids is 1. The summed E-state index contributed by atoms with van der Waals surface area (Å²) in [6, 6.07) is 6.33. The number of hydrogen-bond donors (Lipinski definition) is 1. The van der Waals surface area contributed by atoms with Crippen LogP contribution in [0, 0.1) is 11.2 Å². The topological polar surface area (TPSA) is 38.3 Å². The number of carbonyl (C=O) groups is 1. The van der Waals surface area contributed by atoms with E-state index >= 15 is 0 Å². The van der Waals surface area contributed by atoms with E-state index in [1.807, 2.05) is 0 Å². The molecule has 1 rings (SSSR count). The molecule has 0 spiro atoms. The van der Waals surface area contributed by atoms with Crippen molar-refractivity contribution in [2.24, 2.45) is 5.41 Å². The lowest BCUT2D eigenvalue weighted by Crippen LogP contribution is -2.29. The molecule has 0 radical (unpaired) electrons. The molecule has 0 saturated carbocycles. The first-order valence-electron chi connectivity index (χ1n) is 5.09. The molecule has 0 amide bonds. The van der Waals surface area contributed by atoms with Gasteiger partial charge in [0, 0.05) is 5.56 Å². The van der Waals surface area contributed by atoms with Crippen molar-refractivity contribution in [2.75, 3.05) is 0 Å². The molecule has 88 valence electrons. The lowest BCUT2D eigenvalue weighted by Gasteiger charge is -2.16. The van der Waals surface area contributed by atoms with Crippen LogP contribution in [0.1, 0.15) is 26.3 Å². The third-order valence-corrected chi connectivity index (χ3v) is 2.00. The van der Waals surface area contributed by atoms with Crippen molar-refractivity contribution in [1.29, 1.82) is 0 Å². The standard InChI is InChI=1S/C12H16FNO2/c1-12(2,3)11(15)16-14-8-9-6-4-5-7-10(9)13/h4-7,14H,8H2,1-3H3. The predicted octanol–water partition coefficient (Wildman–Crippen LogP) is 2.42. The van der Waals surface area contributed by atoms with Crippen molar-refractivity contribution in [2.45, 2.75) is 27.3 Å². The Labute approximate surface area is 94.6 Å². The summed E-state index contributed by atoms with van der Waals surface area (Å²) in [7, 11) is 0. The summed E-state index contributed by atoms with van der Waals surface area (Å²) in [5.74, 6) is -0.689. The van der Waals surface area contributed by atoms with Gasteiger partial charge >= 0.3 is 5.97 Å². The molecule has 0 aliphatic rings. The maximum atomic E-state index is 13.2. The van der Waals surface area contributed by atoms with E-state index in [2.05, 4.69) is 5.48 Å². The van der Waals surface area contributed by atoms with Crippen LogP contribution in [0.5, 0.6) is 0 Å². The highest BCUT2D eigenvalue weighted by Gasteiger charge is 2.23. The maximum Gasteiger partial charge on any atom is 0.329 e. The summed E-state index contributed by atoms with van der Waals surface area (Å²) < 4.78 is 13.2. The first kappa shape index (κ1) is 12.6. The molecule has 0 aliphatic carbocycles. The van der Waals surface area contributed by atoms with Gasteiger partial charge in [-0.05, 0) is 26.8 Å². The van der Waals surface area contributed by atoms with Gasteiger partial charge in [0.25, 0.3) is 0 Å². The lowest BCUT2D eigenvalue weighted by molar-refractivity contribution is -0.161. The summed E-state index contributed by atoms with van der Waals surface area (Å²) in [6.45, 7) is 5.41. The van der Waals surface area contributed by atoms with E-state index in [-0.39, 0.29) is 18.3 Å². The monoisotopic (exact) mass is 225 g/mol. The second-order valence-electron chi connectivity index (χ2n) is 4.55.